The number of carbonyl (C=O) groups is 3. The monoisotopic (exact) mass is 240 g/mol. The van der Waals surface area contributed by atoms with Crippen LogP contribution < -0.4 is 0 Å². The lowest BCUT2D eigenvalue weighted by atomic mass is 9.62. The summed E-state index contributed by atoms with van der Waals surface area (Å²) >= 11 is 0. The number of ketones is 1. The van der Waals surface area contributed by atoms with Crippen molar-refractivity contribution < 1.29 is 24.6 Å². The first kappa shape index (κ1) is 13.4. The molecule has 0 spiro atoms. The van der Waals surface area contributed by atoms with Crippen LogP contribution in [0.3, 0.4) is 0 Å². The quantitative estimate of drug-likeness (QED) is 0.573. The molecule has 0 saturated heterocycles. The molecule has 2 atom stereocenters. The molecular weight excluding hydrogens is 224 g/mol. The van der Waals surface area contributed by atoms with Gasteiger partial charge in [-0.15, -0.1) is 0 Å². The molecule has 0 aromatic heterocycles. The molecule has 0 aromatic rings. The number of aliphatic carboxylic acids is 2. The maximum Gasteiger partial charge on any atom is 0.318 e. The van der Waals surface area contributed by atoms with Crippen LogP contribution in [0.25, 0.3) is 0 Å². The van der Waals surface area contributed by atoms with E-state index in [1.807, 2.05) is 0 Å². The average Bonchev–Trinajstić information content (AvgIpc) is 2.27. The molecule has 1 fully saturated rings. The lowest BCUT2D eigenvalue weighted by molar-refractivity contribution is -0.169. The van der Waals surface area contributed by atoms with Crippen molar-refractivity contribution in [3.63, 3.8) is 0 Å². The summed E-state index contributed by atoms with van der Waals surface area (Å²) < 4.78 is 0. The van der Waals surface area contributed by atoms with Crippen molar-refractivity contribution in [1.29, 1.82) is 0 Å². The van der Waals surface area contributed by atoms with Crippen molar-refractivity contribution in [3.05, 3.63) is 12.2 Å². The van der Waals surface area contributed by atoms with E-state index in [0.717, 1.165) is 0 Å². The normalized spacial score (nSPS) is 28.4. The predicted octanol–water partition coefficient (Wildman–Crippen LogP) is 1.48. The van der Waals surface area contributed by atoms with Crippen LogP contribution in [0.2, 0.25) is 0 Å². The molecule has 0 bridgehead atoms. The molecule has 0 aromatic carbocycles. The minimum Gasteiger partial charge on any atom is -0.481 e. The Morgan fingerprint density at radius 1 is 1.24 bits per heavy atom. The average molecular weight is 240 g/mol. The maximum atomic E-state index is 12.0. The van der Waals surface area contributed by atoms with Gasteiger partial charge in [-0.2, -0.15) is 0 Å². The summed E-state index contributed by atoms with van der Waals surface area (Å²) in [4.78, 5) is 34.6. The number of Topliss-reactive ketones (excluding diaryl/α,β-unsaturated/α-hetero) is 1. The molecule has 5 nitrogen and oxygen atoms in total. The van der Waals surface area contributed by atoms with Gasteiger partial charge in [0.05, 0.1) is 5.92 Å². The molecule has 1 saturated carbocycles. The molecule has 0 amide bonds. The third-order valence-corrected chi connectivity index (χ3v) is 3.38. The van der Waals surface area contributed by atoms with Crippen LogP contribution in [-0.4, -0.2) is 27.9 Å². The van der Waals surface area contributed by atoms with E-state index in [4.69, 9.17) is 5.11 Å². The molecule has 5 heteroatoms. The Hall–Kier alpha value is -1.65. The first-order valence-electron chi connectivity index (χ1n) is 5.50. The van der Waals surface area contributed by atoms with Gasteiger partial charge >= 0.3 is 11.9 Å². The van der Waals surface area contributed by atoms with Gasteiger partial charge in [-0.3, -0.25) is 14.4 Å². The van der Waals surface area contributed by atoms with Gasteiger partial charge in [0.1, 0.15) is 5.41 Å². The van der Waals surface area contributed by atoms with Gasteiger partial charge in [0, 0.05) is 0 Å². The number of allylic oxidation sites excluding steroid dienone is 1. The largest absolute Gasteiger partial charge is 0.481 e. The molecule has 1 rings (SSSR count). The van der Waals surface area contributed by atoms with Crippen molar-refractivity contribution in [3.8, 4) is 0 Å². The van der Waals surface area contributed by atoms with Crippen LogP contribution in [-0.2, 0) is 14.4 Å². The van der Waals surface area contributed by atoms with Crippen molar-refractivity contribution >= 4 is 17.7 Å². The zero-order valence-corrected chi connectivity index (χ0v) is 9.73. The van der Waals surface area contributed by atoms with E-state index in [9.17, 15) is 19.5 Å². The molecule has 2 unspecified atom stereocenters. The van der Waals surface area contributed by atoms with E-state index in [-0.39, 0.29) is 18.4 Å². The Kier molecular flexibility index (Phi) is 3.70. The van der Waals surface area contributed by atoms with Crippen LogP contribution >= 0.6 is 0 Å². The Balaban J connectivity index is 3.28. The Morgan fingerprint density at radius 3 is 2.24 bits per heavy atom. The second-order valence-electron chi connectivity index (χ2n) is 4.52. The molecule has 17 heavy (non-hydrogen) atoms. The summed E-state index contributed by atoms with van der Waals surface area (Å²) in [5.41, 5.74) is -1.73. The summed E-state index contributed by atoms with van der Waals surface area (Å²) in [5, 5.41) is 18.4. The van der Waals surface area contributed by atoms with Crippen LogP contribution in [0.5, 0.6) is 0 Å². The SMILES string of the molecule is C=C(C)C(=O)C1(C(=O)O)CCCCC1C(=O)O. The molecule has 1 aliphatic carbocycles. The van der Waals surface area contributed by atoms with Crippen LogP contribution in [0.1, 0.15) is 32.6 Å². The van der Waals surface area contributed by atoms with Gasteiger partial charge in [-0.05, 0) is 25.3 Å². The number of carboxylic acid groups (broad SMARTS) is 2. The first-order chi connectivity index (χ1) is 7.84. The third kappa shape index (κ3) is 2.09. The smallest absolute Gasteiger partial charge is 0.318 e. The number of carboxylic acids is 2. The van der Waals surface area contributed by atoms with Gasteiger partial charge in [0.25, 0.3) is 0 Å². The summed E-state index contributed by atoms with van der Waals surface area (Å²) in [6.07, 6.45) is 1.48. The van der Waals surface area contributed by atoms with Crippen LogP contribution in [0, 0.1) is 11.3 Å². The fourth-order valence-corrected chi connectivity index (χ4v) is 2.51. The highest BCUT2D eigenvalue weighted by Gasteiger charge is 2.56. The molecule has 0 heterocycles. The molecule has 94 valence electrons. The van der Waals surface area contributed by atoms with E-state index in [1.54, 1.807) is 0 Å². The maximum absolute atomic E-state index is 12.0. The van der Waals surface area contributed by atoms with Gasteiger partial charge in [-0.1, -0.05) is 19.4 Å². The summed E-state index contributed by atoms with van der Waals surface area (Å²) in [6, 6.07) is 0. The van der Waals surface area contributed by atoms with Crippen molar-refractivity contribution in [2.45, 2.75) is 32.6 Å². The number of rotatable bonds is 4. The fourth-order valence-electron chi connectivity index (χ4n) is 2.51. The number of hydrogen-bond donors (Lipinski definition) is 2. The highest BCUT2D eigenvalue weighted by atomic mass is 16.4. The molecule has 0 radical (unpaired) electrons. The van der Waals surface area contributed by atoms with Crippen molar-refractivity contribution in [2.75, 3.05) is 0 Å². The van der Waals surface area contributed by atoms with E-state index in [1.165, 1.54) is 6.92 Å². The lowest BCUT2D eigenvalue weighted by Gasteiger charge is -2.37. The van der Waals surface area contributed by atoms with E-state index in [0.29, 0.717) is 12.8 Å². The zero-order valence-electron chi connectivity index (χ0n) is 9.73. The summed E-state index contributed by atoms with van der Waals surface area (Å²) in [5.74, 6) is -4.38. The lowest BCUT2D eigenvalue weighted by Crippen LogP contribution is -2.50. The minimum absolute atomic E-state index is 0.0744. The topological polar surface area (TPSA) is 91.7 Å². The Morgan fingerprint density at radius 2 is 1.82 bits per heavy atom. The van der Waals surface area contributed by atoms with Crippen molar-refractivity contribution in [2.24, 2.45) is 11.3 Å². The zero-order chi connectivity index (χ0) is 13.2. The highest BCUT2D eigenvalue weighted by Crippen LogP contribution is 2.44. The van der Waals surface area contributed by atoms with Crippen LogP contribution in [0.4, 0.5) is 0 Å². The van der Waals surface area contributed by atoms with E-state index < -0.39 is 29.1 Å². The Labute approximate surface area is 99.1 Å². The molecule has 2 N–H and O–H groups in total. The van der Waals surface area contributed by atoms with E-state index >= 15 is 0 Å². The van der Waals surface area contributed by atoms with Crippen molar-refractivity contribution in [1.82, 2.24) is 0 Å². The molecular formula is C12H16O5. The standard InChI is InChI=1S/C12H16O5/c1-7(2)9(13)12(11(16)17)6-4-3-5-8(12)10(14)15/h8H,1,3-6H2,2H3,(H,14,15)(H,16,17). The Bertz CT molecular complexity index is 384. The van der Waals surface area contributed by atoms with Gasteiger partial charge in [0.15, 0.2) is 5.78 Å². The number of carbonyl (C=O) groups excluding carboxylic acids is 1. The van der Waals surface area contributed by atoms with E-state index in [2.05, 4.69) is 6.58 Å². The summed E-state index contributed by atoms with van der Waals surface area (Å²) in [7, 11) is 0. The number of hydrogen-bond acceptors (Lipinski definition) is 3. The highest BCUT2D eigenvalue weighted by molar-refractivity contribution is 6.13. The van der Waals surface area contributed by atoms with Gasteiger partial charge in [-0.25, -0.2) is 0 Å². The molecule has 0 aliphatic heterocycles. The predicted molar refractivity (Wildman–Crippen MR) is 59.5 cm³/mol. The first-order valence-corrected chi connectivity index (χ1v) is 5.50. The third-order valence-electron chi connectivity index (χ3n) is 3.38. The second-order valence-corrected chi connectivity index (χ2v) is 4.52. The second kappa shape index (κ2) is 4.69. The fraction of sp³-hybridized carbons (Fsp3) is 0.583. The molecule has 1 aliphatic rings. The van der Waals surface area contributed by atoms with Gasteiger partial charge < -0.3 is 10.2 Å². The minimum atomic E-state index is -1.82. The summed E-state index contributed by atoms with van der Waals surface area (Å²) in [6.45, 7) is 4.86. The van der Waals surface area contributed by atoms with Gasteiger partial charge in [0.2, 0.25) is 0 Å². The van der Waals surface area contributed by atoms with Crippen LogP contribution in [0.15, 0.2) is 12.2 Å².